The predicted molar refractivity (Wildman–Crippen MR) is 199 cm³/mol. The van der Waals surface area contributed by atoms with E-state index < -0.39 is 52.9 Å². The van der Waals surface area contributed by atoms with Gasteiger partial charge in [-0.25, -0.2) is 0 Å². The van der Waals surface area contributed by atoms with Crippen LogP contribution in [-0.4, -0.2) is 36.2 Å². The summed E-state index contributed by atoms with van der Waals surface area (Å²) in [6.45, 7) is 3.80. The predicted octanol–water partition coefficient (Wildman–Crippen LogP) is 8.68. The number of azo groups is 2. The second-order valence-electron chi connectivity index (χ2n) is 11.8. The molecule has 0 saturated heterocycles. The lowest BCUT2D eigenvalue weighted by molar-refractivity contribution is 0.471. The highest BCUT2D eigenvalue weighted by Crippen LogP contribution is 2.44. The van der Waals surface area contributed by atoms with E-state index in [2.05, 4.69) is 20.5 Å². The highest BCUT2D eigenvalue weighted by atomic mass is 32.2. The monoisotopic (exact) mass is 740 g/mol. The fourth-order valence-electron chi connectivity index (χ4n) is 5.81. The average Bonchev–Trinajstić information content (AvgIpc) is 3.09. The summed E-state index contributed by atoms with van der Waals surface area (Å²) in [5.41, 5.74) is 15.4. The molecule has 0 heterocycles. The highest BCUT2D eigenvalue weighted by molar-refractivity contribution is 7.86. The third-order valence-corrected chi connectivity index (χ3v) is 10.2. The van der Waals surface area contributed by atoms with Crippen LogP contribution >= 0.6 is 0 Å². The molecule has 6 aromatic rings. The second-order valence-corrected chi connectivity index (χ2v) is 14.6. The van der Waals surface area contributed by atoms with Gasteiger partial charge in [-0.2, -0.15) is 27.1 Å². The summed E-state index contributed by atoms with van der Waals surface area (Å²) < 4.78 is 68.7. The Labute approximate surface area is 298 Å². The number of phenolic OH excluding ortho intramolecular Hbond substituents is 2. The summed E-state index contributed by atoms with van der Waals surface area (Å²) in [4.78, 5) is -1.24. The molecule has 14 nitrogen and oxygen atoms in total. The molecule has 0 saturated carbocycles. The minimum absolute atomic E-state index is 0.237. The molecular weight excluding hydrogens is 709 g/mol. The van der Waals surface area contributed by atoms with Crippen LogP contribution in [0.4, 0.5) is 34.1 Å². The van der Waals surface area contributed by atoms with E-state index in [0.29, 0.717) is 46.4 Å². The minimum atomic E-state index is -4.80. The molecule has 0 aromatic heterocycles. The number of nitrogens with two attached hydrogens (primary N) is 2. The van der Waals surface area contributed by atoms with Gasteiger partial charge in [-0.05, 0) is 113 Å². The molecule has 266 valence electrons. The smallest absolute Gasteiger partial charge is 0.296 e. The van der Waals surface area contributed by atoms with Crippen molar-refractivity contribution < 1.29 is 36.2 Å². The zero-order valence-electron chi connectivity index (χ0n) is 27.7. The van der Waals surface area contributed by atoms with Gasteiger partial charge < -0.3 is 21.7 Å². The topological polar surface area (TPSA) is 251 Å². The van der Waals surface area contributed by atoms with Crippen LogP contribution in [0.15, 0.2) is 115 Å². The maximum absolute atomic E-state index is 12.2. The van der Waals surface area contributed by atoms with E-state index in [1.807, 2.05) is 26.0 Å². The molecule has 0 aliphatic rings. The Bertz CT molecular complexity index is 2720. The molecule has 6 rings (SSSR count). The normalized spacial score (nSPS) is 12.5. The Morgan fingerprint density at radius 3 is 1.50 bits per heavy atom. The number of rotatable bonds is 9. The Morgan fingerprint density at radius 2 is 1.00 bits per heavy atom. The van der Waals surface area contributed by atoms with Crippen molar-refractivity contribution >= 4 is 75.9 Å². The molecule has 0 radical (unpaired) electrons. The number of aryl methyl sites for hydroxylation is 2. The fraction of sp³-hybridized carbons (Fsp3) is 0.111. The van der Waals surface area contributed by atoms with Crippen LogP contribution in [-0.2, 0) is 33.1 Å². The molecular formula is C36H32N6O8S2. The van der Waals surface area contributed by atoms with Gasteiger partial charge in [-0.1, -0.05) is 32.0 Å². The Balaban J connectivity index is 1.35. The number of phenols is 2. The third kappa shape index (κ3) is 7.00. The van der Waals surface area contributed by atoms with Crippen molar-refractivity contribution in [1.82, 2.24) is 0 Å². The van der Waals surface area contributed by atoms with Crippen molar-refractivity contribution in [2.75, 3.05) is 11.5 Å². The molecule has 16 heteroatoms. The number of aromatic hydroxyl groups is 2. The van der Waals surface area contributed by atoms with Crippen LogP contribution < -0.4 is 11.5 Å². The maximum atomic E-state index is 12.2. The first kappa shape index (κ1) is 35.9. The largest absolute Gasteiger partial charge is 0.505 e. The van der Waals surface area contributed by atoms with E-state index >= 15 is 0 Å². The molecule has 0 fully saturated rings. The number of fused-ring (bicyclic) bond motifs is 2. The lowest BCUT2D eigenvalue weighted by Gasteiger charge is -2.11. The van der Waals surface area contributed by atoms with Crippen molar-refractivity contribution in [1.29, 1.82) is 0 Å². The Morgan fingerprint density at radius 1 is 0.538 bits per heavy atom. The van der Waals surface area contributed by atoms with Crippen LogP contribution in [0.5, 0.6) is 11.5 Å². The molecule has 6 aromatic carbocycles. The number of anilines is 2. The Hall–Kier alpha value is -5.94. The lowest BCUT2D eigenvalue weighted by Crippen LogP contribution is -1.99. The standard InChI is InChI=1S/C36H32N6O8S2/c1-3-19-13-21(6-11-29(19)39-41-33-32(52(48,49)50)17-24-15-25(37)9-10-27(24)35(33)43)22-7-12-30(20(4-2)14-22)40-42-34-31(51(45,46)47)16-23-5-8-26(38)18-28(23)36(34)44/h5-18,43-44H,3-4,37-38H2,1-2H3,(H,45,46,47)(H,48,49,50)/b41-39+,42-40+. The van der Waals surface area contributed by atoms with Crippen molar-refractivity contribution in [3.05, 3.63) is 96.1 Å². The number of benzene rings is 6. The van der Waals surface area contributed by atoms with Crippen molar-refractivity contribution in [3.63, 3.8) is 0 Å². The van der Waals surface area contributed by atoms with Crippen LogP contribution in [0.1, 0.15) is 25.0 Å². The van der Waals surface area contributed by atoms with E-state index in [4.69, 9.17) is 11.5 Å². The summed E-state index contributed by atoms with van der Waals surface area (Å²) in [6.07, 6.45) is 1.03. The molecule has 8 N–H and O–H groups in total. The van der Waals surface area contributed by atoms with E-state index in [0.717, 1.165) is 22.3 Å². The van der Waals surface area contributed by atoms with Gasteiger partial charge in [0.25, 0.3) is 20.2 Å². The summed E-state index contributed by atoms with van der Waals surface area (Å²) >= 11 is 0. The molecule has 0 atom stereocenters. The van der Waals surface area contributed by atoms with Crippen LogP contribution in [0.3, 0.4) is 0 Å². The SMILES string of the molecule is CCc1cc(-c2ccc(/N=N/c3c(S(=O)(=O)O)cc4ccc(N)cc4c3O)c(CC)c2)ccc1/N=N/c1c(S(=O)(=O)O)cc2cc(N)ccc2c1O. The van der Waals surface area contributed by atoms with E-state index in [1.165, 1.54) is 48.5 Å². The zero-order chi connectivity index (χ0) is 37.5. The van der Waals surface area contributed by atoms with Gasteiger partial charge in [0.05, 0.1) is 11.4 Å². The van der Waals surface area contributed by atoms with E-state index in [-0.39, 0.29) is 10.8 Å². The molecule has 0 aliphatic heterocycles. The lowest BCUT2D eigenvalue weighted by atomic mass is 9.98. The molecule has 52 heavy (non-hydrogen) atoms. The van der Waals surface area contributed by atoms with Crippen LogP contribution in [0.2, 0.25) is 0 Å². The molecule has 0 unspecified atom stereocenters. The Kier molecular flexibility index (Phi) is 9.41. The third-order valence-electron chi connectivity index (χ3n) is 8.48. The van der Waals surface area contributed by atoms with Gasteiger partial charge in [-0.3, -0.25) is 9.11 Å². The molecule has 0 spiro atoms. The zero-order valence-corrected chi connectivity index (χ0v) is 29.3. The van der Waals surface area contributed by atoms with Crippen molar-refractivity contribution in [2.24, 2.45) is 20.5 Å². The molecule has 0 bridgehead atoms. The first-order valence-corrected chi connectivity index (χ1v) is 18.6. The van der Waals surface area contributed by atoms with Gasteiger partial charge in [0.15, 0.2) is 11.5 Å². The van der Waals surface area contributed by atoms with E-state index in [9.17, 15) is 36.2 Å². The number of hydrogen-bond donors (Lipinski definition) is 6. The quantitative estimate of drug-likeness (QED) is 0.0467. The number of nitrogen functional groups attached to an aromatic ring is 2. The minimum Gasteiger partial charge on any atom is -0.505 e. The second kappa shape index (κ2) is 13.6. The van der Waals surface area contributed by atoms with Gasteiger partial charge in [-0.15, -0.1) is 10.2 Å². The van der Waals surface area contributed by atoms with Crippen molar-refractivity contribution in [3.8, 4) is 22.6 Å². The van der Waals surface area contributed by atoms with Gasteiger partial charge in [0.2, 0.25) is 0 Å². The van der Waals surface area contributed by atoms with Gasteiger partial charge >= 0.3 is 0 Å². The van der Waals surface area contributed by atoms with Crippen molar-refractivity contribution in [2.45, 2.75) is 36.5 Å². The summed E-state index contributed by atoms with van der Waals surface area (Å²) in [5, 5.41) is 39.6. The summed E-state index contributed by atoms with van der Waals surface area (Å²) in [5.74, 6) is -0.988. The molecule has 0 amide bonds. The number of hydrogen-bond acceptors (Lipinski definition) is 12. The number of nitrogens with zero attached hydrogens (tertiary/aromatic N) is 4. The van der Waals surface area contributed by atoms with Crippen LogP contribution in [0.25, 0.3) is 32.7 Å². The summed E-state index contributed by atoms with van der Waals surface area (Å²) in [7, 11) is -9.58. The highest BCUT2D eigenvalue weighted by Gasteiger charge is 2.24. The fourth-order valence-corrected chi connectivity index (χ4v) is 7.13. The first-order valence-electron chi connectivity index (χ1n) is 15.7. The van der Waals surface area contributed by atoms with Crippen LogP contribution in [0, 0.1) is 0 Å². The first-order chi connectivity index (χ1) is 24.6. The van der Waals surface area contributed by atoms with Gasteiger partial charge in [0.1, 0.15) is 21.2 Å². The maximum Gasteiger partial charge on any atom is 0.296 e. The summed E-state index contributed by atoms with van der Waals surface area (Å²) in [6, 6.07) is 22.1. The van der Waals surface area contributed by atoms with Gasteiger partial charge in [0, 0.05) is 22.1 Å². The molecule has 0 aliphatic carbocycles. The van der Waals surface area contributed by atoms with E-state index in [1.54, 1.807) is 24.3 Å². The average molecular weight is 741 g/mol.